The number of terminal acetylenes is 2. The summed E-state index contributed by atoms with van der Waals surface area (Å²) in [5.74, 6) is 29.7. The number of nitrogens with two attached hydrogens (primary N) is 2. The Bertz CT molecular complexity index is 3560. The number of nitrogens with zero attached hydrogens (tertiary/aromatic N) is 3. The minimum atomic E-state index is -1.97. The summed E-state index contributed by atoms with van der Waals surface area (Å²) < 4.78 is 25.1. The molecule has 0 aliphatic heterocycles. The Balaban J connectivity index is 0.000000485. The van der Waals surface area contributed by atoms with E-state index in [0.717, 1.165) is 40.0 Å². The van der Waals surface area contributed by atoms with Crippen molar-refractivity contribution in [2.45, 2.75) is 50.0 Å². The molecule has 0 amide bonds. The van der Waals surface area contributed by atoms with Crippen LogP contribution in [0.3, 0.4) is 0 Å². The molecule has 18 heteroatoms. The fraction of sp³-hybridized carbons (Fsp3) is 0.241. The van der Waals surface area contributed by atoms with Gasteiger partial charge in [0.15, 0.2) is 6.29 Å². The lowest BCUT2D eigenvalue weighted by Crippen LogP contribution is -2.20. The third-order valence-electron chi connectivity index (χ3n) is 9.49. The summed E-state index contributed by atoms with van der Waals surface area (Å²) in [6.07, 6.45) is 21.7. The molecule has 0 spiro atoms. The highest BCUT2D eigenvalue weighted by atomic mass is 36.0. The number of nitrogens with one attached hydrogen (secondary N) is 2. The van der Waals surface area contributed by atoms with Gasteiger partial charge in [-0.1, -0.05) is 90.4 Å². The van der Waals surface area contributed by atoms with Crippen LogP contribution in [0.25, 0.3) is 10.9 Å². The quantitative estimate of drug-likeness (QED) is 0.0472. The Morgan fingerprint density at radius 1 is 0.724 bits per heavy atom. The maximum Gasteiger partial charge on any atom is 0.272 e. The van der Waals surface area contributed by atoms with Crippen LogP contribution in [0.15, 0.2) is 103 Å². The second-order valence-electron chi connectivity index (χ2n) is 14.2. The van der Waals surface area contributed by atoms with E-state index >= 15 is 0 Å². The number of ether oxygens (including phenoxy) is 5. The zero-order valence-electron chi connectivity index (χ0n) is 43.6. The molecule has 5 aromatic rings. The fourth-order valence-electron chi connectivity index (χ4n) is 5.56. The molecule has 13 nitrogen and oxygen atoms in total. The maximum absolute atomic E-state index is 11.6. The van der Waals surface area contributed by atoms with Gasteiger partial charge in [0.25, 0.3) is 5.56 Å². The maximum atomic E-state index is 11.6. The molecule has 0 aliphatic rings. The molecule has 0 saturated heterocycles. The van der Waals surface area contributed by atoms with E-state index in [9.17, 15) is 4.79 Å². The molecule has 0 bridgehead atoms. The smallest absolute Gasteiger partial charge is 0.272 e. The number of unbranched alkanes of at least 4 members (excludes halogenated alkanes) is 1. The molecule has 5 aromatic heterocycles. The number of hydrogen-bond donors (Lipinski definition) is 4. The predicted molar refractivity (Wildman–Crippen MR) is 327 cm³/mol. The molecule has 0 aromatic carbocycles. The van der Waals surface area contributed by atoms with Crippen molar-refractivity contribution in [2.24, 2.45) is 0 Å². The minimum absolute atomic E-state index is 0.188. The van der Waals surface area contributed by atoms with E-state index in [1.54, 1.807) is 90.6 Å². The van der Waals surface area contributed by atoms with Crippen LogP contribution in [0.2, 0.25) is 0 Å². The average Bonchev–Trinajstić information content (AvgIpc) is 3.90. The predicted octanol–water partition coefficient (Wildman–Crippen LogP) is 9.39. The van der Waals surface area contributed by atoms with Crippen molar-refractivity contribution in [3.05, 3.63) is 115 Å². The van der Waals surface area contributed by atoms with Crippen molar-refractivity contribution in [3.8, 4) is 100 Å². The van der Waals surface area contributed by atoms with Crippen LogP contribution in [0.5, 0.6) is 17.6 Å². The van der Waals surface area contributed by atoms with Gasteiger partial charge in [0, 0.05) is 79.0 Å². The zero-order chi connectivity index (χ0) is 56.8. The second-order valence-corrected chi connectivity index (χ2v) is 25.4. The Hall–Kier alpha value is -7.99. The van der Waals surface area contributed by atoms with Crippen LogP contribution in [-0.2, 0) is 21.6 Å². The average molecular weight is 1120 g/mol. The number of methoxy groups -OCH3 is 5. The lowest BCUT2D eigenvalue weighted by molar-refractivity contribution is -0.0844. The molecule has 396 valence electrons. The van der Waals surface area contributed by atoms with Crippen LogP contribution in [-0.4, -0.2) is 98.4 Å². The summed E-state index contributed by atoms with van der Waals surface area (Å²) >= 11 is 0. The van der Waals surface area contributed by atoms with Crippen LogP contribution in [0.4, 0.5) is 11.4 Å². The highest BCUT2D eigenvalue weighted by molar-refractivity contribution is 8.66. The van der Waals surface area contributed by atoms with Crippen molar-refractivity contribution >= 4 is 90.6 Å². The van der Waals surface area contributed by atoms with Gasteiger partial charge in [-0.15, -0.1) is 12.8 Å². The van der Waals surface area contributed by atoms with E-state index in [1.165, 1.54) is 7.11 Å². The van der Waals surface area contributed by atoms with Crippen molar-refractivity contribution in [1.29, 1.82) is 0 Å². The van der Waals surface area contributed by atoms with Crippen LogP contribution in [0, 0.1) is 82.6 Å². The minimum Gasteiger partial charge on any atom is -0.481 e. The van der Waals surface area contributed by atoms with Gasteiger partial charge in [0.2, 0.25) is 17.6 Å². The lowest BCUT2D eigenvalue weighted by atomic mass is 10.2. The molecule has 0 radical (unpaired) electrons. The Labute approximate surface area is 460 Å². The summed E-state index contributed by atoms with van der Waals surface area (Å²) in [4.78, 5) is 29.8. The molecular weight excluding hydrogens is 1060 g/mol. The molecule has 0 unspecified atom stereocenters. The normalized spacial score (nSPS) is 9.74. The summed E-state index contributed by atoms with van der Waals surface area (Å²) in [6, 6.07) is 10.8. The molecule has 5 heterocycles. The topological polar surface area (TPSA) is 186 Å². The molecule has 0 fully saturated rings. The Kier molecular flexibility index (Phi) is 32.0. The summed E-state index contributed by atoms with van der Waals surface area (Å²) in [7, 11) is 14.8. The van der Waals surface area contributed by atoms with Crippen molar-refractivity contribution in [3.63, 3.8) is 0 Å². The zero-order valence-corrected chi connectivity index (χ0v) is 47.5. The fourth-order valence-corrected chi connectivity index (χ4v) is 11.1. The number of H-pyrrole nitrogens is 2. The molecular formula is C58H61Cl2N7O6S3. The van der Waals surface area contributed by atoms with Gasteiger partial charge in [-0.3, -0.25) is 4.79 Å². The Morgan fingerprint density at radius 3 is 1.82 bits per heavy atom. The third-order valence-corrected chi connectivity index (χ3v) is 17.2. The number of aromatic nitrogens is 5. The highest BCUT2D eigenvalue weighted by Crippen LogP contribution is 2.59. The first-order chi connectivity index (χ1) is 36.6. The first-order valence-electron chi connectivity index (χ1n) is 22.1. The summed E-state index contributed by atoms with van der Waals surface area (Å²) in [5, 5.41) is 17.3. The standard InChI is InChI=1S/C18H11NO.C13H10N2OS.C13H14N2OS.C8H18Cl2O2S.C6H8N2O/c1-3-4-5-6-7-8-9-10-11-12-14-17-15-13-16-19-18(17)20-2;1-4-17(5-2,6-3)11-9-15-12-10(11)7-8-14-13(12)16;1-5-17(6-2,7-3)10-11-8-9-15-13(16-4)12(11)14;1-4-5-6-13(9,10)7-8(11-2)12-3;1-9-6-5(7)3-2-4-8-6/h13,15-16H,14H2,1-2H3;1,7-9,15H,2-3H2,(H,14,16);1,8-9H,2-3,10,14H2,4H3;8H,4-7H2,1-3H3;2-4H,7H2,1H3. The molecule has 0 aliphatic carbocycles. The number of aromatic amines is 2. The largest absolute Gasteiger partial charge is 0.481 e. The van der Waals surface area contributed by atoms with E-state index in [1.807, 2.05) is 12.1 Å². The van der Waals surface area contributed by atoms with E-state index < -0.39 is 26.9 Å². The number of nitrogen functional groups attached to an aromatic ring is 2. The van der Waals surface area contributed by atoms with Gasteiger partial charge in [-0.25, -0.2) is 15.0 Å². The number of fused-ring (bicyclic) bond motifs is 1. The number of rotatable bonds is 14. The molecule has 0 saturated carbocycles. The molecule has 76 heavy (non-hydrogen) atoms. The first kappa shape index (κ1) is 66.0. The number of pyridine rings is 4. The van der Waals surface area contributed by atoms with E-state index in [2.05, 4.69) is 148 Å². The van der Waals surface area contributed by atoms with Gasteiger partial charge >= 0.3 is 0 Å². The van der Waals surface area contributed by atoms with Crippen molar-refractivity contribution < 1.29 is 23.7 Å². The summed E-state index contributed by atoms with van der Waals surface area (Å²) in [6.45, 7) is 18.3. The lowest BCUT2D eigenvalue weighted by Gasteiger charge is -2.28. The van der Waals surface area contributed by atoms with Gasteiger partial charge in [-0.2, -0.15) is 0 Å². The monoisotopic (exact) mass is 1120 g/mol. The molecule has 6 N–H and O–H groups in total. The van der Waals surface area contributed by atoms with Crippen molar-refractivity contribution in [1.82, 2.24) is 24.9 Å². The van der Waals surface area contributed by atoms with Gasteiger partial charge < -0.3 is 45.1 Å². The van der Waals surface area contributed by atoms with Crippen molar-refractivity contribution in [2.75, 3.05) is 58.5 Å². The Morgan fingerprint density at radius 2 is 1.30 bits per heavy atom. The second kappa shape index (κ2) is 36.9. The van der Waals surface area contributed by atoms with Gasteiger partial charge in [0.1, 0.15) is 5.52 Å². The first-order valence-corrected chi connectivity index (χ1v) is 29.2. The number of hydrogen-bond acceptors (Lipinski definition) is 11. The van der Waals surface area contributed by atoms with E-state index in [-0.39, 0.29) is 11.8 Å². The molecule has 0 atom stereocenters. The number of halogens is 2. The van der Waals surface area contributed by atoms with Crippen LogP contribution < -0.4 is 31.2 Å². The van der Waals surface area contributed by atoms with E-state index in [0.29, 0.717) is 52.5 Å². The summed E-state index contributed by atoms with van der Waals surface area (Å²) in [5.41, 5.74) is 14.5. The van der Waals surface area contributed by atoms with Gasteiger partial charge in [0.05, 0.1) is 38.5 Å². The van der Waals surface area contributed by atoms with Crippen LogP contribution in [0.1, 0.15) is 37.8 Å². The van der Waals surface area contributed by atoms with E-state index in [4.69, 9.17) is 69.4 Å². The highest BCUT2D eigenvalue weighted by Gasteiger charge is 2.22. The third kappa shape index (κ3) is 22.2. The van der Waals surface area contributed by atoms with Gasteiger partial charge in [-0.05, 0) is 143 Å². The van der Waals surface area contributed by atoms with Crippen LogP contribution >= 0.6 is 48.2 Å². The number of anilines is 2. The SMILES string of the molecule is C#CS(=C=C)(=C=C)Cc1ccnc(OC)c1N.C#CS(=C=C)(=C=C)c1c[nH]c2c(=O)[nH]ccc12.CC#CC#CC#CC#CC#CCc1cccnc1OC.CCCCS(Cl)(Cl)CC(OC)OC.COc1ncccc1N. The molecule has 5 rings (SSSR count).